The van der Waals surface area contributed by atoms with Crippen LogP contribution in [0.1, 0.15) is 0 Å². The van der Waals surface area contributed by atoms with Gasteiger partial charge in [0.05, 0.1) is 21.3 Å². The molecule has 0 aliphatic rings. The summed E-state index contributed by atoms with van der Waals surface area (Å²) < 4.78 is 25.2. The Labute approximate surface area is 99.6 Å². The minimum Gasteiger partial charge on any atom is -0.502 e. The third kappa shape index (κ3) is 2.65. The van der Waals surface area contributed by atoms with Crippen LogP contribution in [-0.4, -0.2) is 40.3 Å². The molecule has 1 N–H and O–H groups in total. The maximum Gasteiger partial charge on any atom is 0.211 e. The maximum atomic E-state index is 9.91. The molecule has 96 valence electrons. The quantitative estimate of drug-likeness (QED) is 0.763. The third-order valence-electron chi connectivity index (χ3n) is 2.10. The highest BCUT2D eigenvalue weighted by Gasteiger charge is 2.21. The topological polar surface area (TPSA) is 66.4 Å². The van der Waals surface area contributed by atoms with Crippen molar-refractivity contribution in [2.75, 3.05) is 35.2 Å². The summed E-state index contributed by atoms with van der Waals surface area (Å²) in [5.74, 6) is 0.882. The van der Waals surface area contributed by atoms with Gasteiger partial charge in [0.1, 0.15) is 0 Å². The standard InChI is InChI=1S/C11H16O6/c1-13-6-17-7-5-8(14-2)10(15-3)11(16-4)9(7)12/h5,12H,6H2,1-4H3. The van der Waals surface area contributed by atoms with Gasteiger partial charge in [-0.05, 0) is 0 Å². The number of benzene rings is 1. The number of aromatic hydroxyl groups is 1. The van der Waals surface area contributed by atoms with Gasteiger partial charge in [0, 0.05) is 13.2 Å². The summed E-state index contributed by atoms with van der Waals surface area (Å²) in [6, 6.07) is 1.50. The van der Waals surface area contributed by atoms with Crippen LogP contribution in [0.4, 0.5) is 0 Å². The van der Waals surface area contributed by atoms with Crippen LogP contribution in [0, 0.1) is 0 Å². The van der Waals surface area contributed by atoms with Gasteiger partial charge in [-0.1, -0.05) is 0 Å². The van der Waals surface area contributed by atoms with Crippen LogP contribution in [0.2, 0.25) is 0 Å². The smallest absolute Gasteiger partial charge is 0.211 e. The van der Waals surface area contributed by atoms with Crippen molar-refractivity contribution >= 4 is 0 Å². The molecule has 0 aliphatic carbocycles. The second-order valence-electron chi connectivity index (χ2n) is 3.04. The molecule has 1 rings (SSSR count). The minimum absolute atomic E-state index is 0.00615. The Balaban J connectivity index is 3.24. The highest BCUT2D eigenvalue weighted by atomic mass is 16.7. The van der Waals surface area contributed by atoms with E-state index in [9.17, 15) is 5.11 Å². The number of hydrogen-bond acceptors (Lipinski definition) is 6. The minimum atomic E-state index is -0.165. The molecule has 0 atom stereocenters. The molecule has 0 aliphatic heterocycles. The van der Waals surface area contributed by atoms with E-state index in [0.717, 1.165) is 0 Å². The van der Waals surface area contributed by atoms with E-state index in [1.54, 1.807) is 0 Å². The molecule has 0 heterocycles. The molecule has 17 heavy (non-hydrogen) atoms. The zero-order valence-corrected chi connectivity index (χ0v) is 10.3. The molecule has 1 aromatic rings. The van der Waals surface area contributed by atoms with Gasteiger partial charge in [-0.15, -0.1) is 0 Å². The van der Waals surface area contributed by atoms with Crippen LogP contribution in [0.25, 0.3) is 0 Å². The van der Waals surface area contributed by atoms with Crippen LogP contribution < -0.4 is 18.9 Å². The average Bonchev–Trinajstić information content (AvgIpc) is 2.36. The van der Waals surface area contributed by atoms with Crippen LogP contribution in [0.5, 0.6) is 28.7 Å². The van der Waals surface area contributed by atoms with Crippen molar-refractivity contribution in [2.24, 2.45) is 0 Å². The highest BCUT2D eigenvalue weighted by Crippen LogP contribution is 2.49. The molecule has 0 saturated carbocycles. The molecule has 0 saturated heterocycles. The molecule has 1 aromatic carbocycles. The van der Waals surface area contributed by atoms with E-state index >= 15 is 0 Å². The lowest BCUT2D eigenvalue weighted by atomic mass is 10.2. The fourth-order valence-corrected chi connectivity index (χ4v) is 1.35. The van der Waals surface area contributed by atoms with Gasteiger partial charge in [-0.25, -0.2) is 0 Å². The summed E-state index contributed by atoms with van der Waals surface area (Å²) in [6.45, 7) is 0.00615. The van der Waals surface area contributed by atoms with Crippen molar-refractivity contribution in [3.8, 4) is 28.7 Å². The van der Waals surface area contributed by atoms with Crippen molar-refractivity contribution in [1.82, 2.24) is 0 Å². The normalized spacial score (nSPS) is 9.88. The van der Waals surface area contributed by atoms with Crippen LogP contribution in [0.15, 0.2) is 6.07 Å². The second-order valence-corrected chi connectivity index (χ2v) is 3.04. The summed E-state index contributed by atoms with van der Waals surface area (Å²) >= 11 is 0. The lowest BCUT2D eigenvalue weighted by molar-refractivity contribution is 0.0486. The predicted molar refractivity (Wildman–Crippen MR) is 60.3 cm³/mol. The Bertz CT molecular complexity index is 377. The number of phenolic OH excluding ortho intramolecular Hbond substituents is 1. The predicted octanol–water partition coefficient (Wildman–Crippen LogP) is 1.40. The van der Waals surface area contributed by atoms with Crippen LogP contribution >= 0.6 is 0 Å². The summed E-state index contributed by atoms with van der Waals surface area (Å²) in [6.07, 6.45) is 0. The Kier molecular flexibility index (Phi) is 4.71. The number of phenols is 1. The third-order valence-corrected chi connectivity index (χ3v) is 2.10. The Morgan fingerprint density at radius 1 is 0.941 bits per heavy atom. The monoisotopic (exact) mass is 244 g/mol. The molecule has 6 nitrogen and oxygen atoms in total. The first-order chi connectivity index (χ1) is 8.19. The number of methoxy groups -OCH3 is 4. The lowest BCUT2D eigenvalue weighted by Crippen LogP contribution is -2.02. The van der Waals surface area contributed by atoms with Crippen molar-refractivity contribution < 1.29 is 28.8 Å². The number of rotatable bonds is 6. The first-order valence-corrected chi connectivity index (χ1v) is 4.83. The fourth-order valence-electron chi connectivity index (χ4n) is 1.35. The summed E-state index contributed by atoms with van der Waals surface area (Å²) in [4.78, 5) is 0. The van der Waals surface area contributed by atoms with Crippen LogP contribution in [0.3, 0.4) is 0 Å². The molecular formula is C11H16O6. The average molecular weight is 244 g/mol. The van der Waals surface area contributed by atoms with E-state index in [1.165, 1.54) is 34.5 Å². The zero-order valence-electron chi connectivity index (χ0n) is 10.3. The van der Waals surface area contributed by atoms with Crippen molar-refractivity contribution in [1.29, 1.82) is 0 Å². The van der Waals surface area contributed by atoms with E-state index in [-0.39, 0.29) is 24.0 Å². The van der Waals surface area contributed by atoms with Crippen LogP contribution in [-0.2, 0) is 4.74 Å². The largest absolute Gasteiger partial charge is 0.502 e. The van der Waals surface area contributed by atoms with E-state index < -0.39 is 0 Å². The molecule has 6 heteroatoms. The molecule has 0 amide bonds. The van der Waals surface area contributed by atoms with Crippen molar-refractivity contribution in [3.63, 3.8) is 0 Å². The van der Waals surface area contributed by atoms with Gasteiger partial charge in [-0.3, -0.25) is 0 Å². The Morgan fingerprint density at radius 2 is 1.59 bits per heavy atom. The van der Waals surface area contributed by atoms with E-state index in [0.29, 0.717) is 11.5 Å². The SMILES string of the molecule is COCOc1cc(OC)c(OC)c(OC)c1O. The first kappa shape index (κ1) is 13.2. The Hall–Kier alpha value is -1.82. The molecule has 0 radical (unpaired) electrons. The van der Waals surface area contributed by atoms with E-state index in [4.69, 9.17) is 23.7 Å². The first-order valence-electron chi connectivity index (χ1n) is 4.83. The molecule has 0 spiro atoms. The van der Waals surface area contributed by atoms with E-state index in [1.807, 2.05) is 0 Å². The van der Waals surface area contributed by atoms with Crippen molar-refractivity contribution in [3.05, 3.63) is 6.07 Å². The number of hydrogen-bond donors (Lipinski definition) is 1. The van der Waals surface area contributed by atoms with Gasteiger partial charge >= 0.3 is 0 Å². The molecule has 0 fully saturated rings. The summed E-state index contributed by atoms with van der Waals surface area (Å²) in [5.41, 5.74) is 0. The molecule has 0 unspecified atom stereocenters. The number of ether oxygens (including phenoxy) is 5. The maximum absolute atomic E-state index is 9.91. The molecule has 0 aromatic heterocycles. The van der Waals surface area contributed by atoms with Gasteiger partial charge < -0.3 is 28.8 Å². The molecular weight excluding hydrogens is 228 g/mol. The van der Waals surface area contributed by atoms with Crippen molar-refractivity contribution in [2.45, 2.75) is 0 Å². The van der Waals surface area contributed by atoms with Gasteiger partial charge in [0.15, 0.2) is 18.3 Å². The molecule has 0 bridgehead atoms. The second kappa shape index (κ2) is 6.05. The summed E-state index contributed by atoms with van der Waals surface area (Å²) in [7, 11) is 5.83. The fraction of sp³-hybridized carbons (Fsp3) is 0.455. The van der Waals surface area contributed by atoms with Gasteiger partial charge in [0.2, 0.25) is 17.2 Å². The van der Waals surface area contributed by atoms with Gasteiger partial charge in [-0.2, -0.15) is 0 Å². The Morgan fingerprint density at radius 3 is 2.06 bits per heavy atom. The summed E-state index contributed by atoms with van der Waals surface area (Å²) in [5, 5.41) is 9.91. The lowest BCUT2D eigenvalue weighted by Gasteiger charge is -2.16. The zero-order chi connectivity index (χ0) is 12.8. The van der Waals surface area contributed by atoms with E-state index in [2.05, 4.69) is 0 Å². The van der Waals surface area contributed by atoms with Gasteiger partial charge in [0.25, 0.3) is 0 Å². The highest BCUT2D eigenvalue weighted by molar-refractivity contribution is 5.64.